The summed E-state index contributed by atoms with van der Waals surface area (Å²) in [6, 6.07) is 4.35. The Morgan fingerprint density at radius 3 is 2.82 bits per heavy atom. The Morgan fingerprint density at radius 1 is 1.39 bits per heavy atom. The summed E-state index contributed by atoms with van der Waals surface area (Å²) >= 11 is 6.58. The third-order valence-electron chi connectivity index (χ3n) is 7.29. The van der Waals surface area contributed by atoms with Crippen LogP contribution in [0.3, 0.4) is 0 Å². The van der Waals surface area contributed by atoms with Crippen molar-refractivity contribution in [2.75, 3.05) is 0 Å². The number of aromatic nitrogens is 1. The van der Waals surface area contributed by atoms with Crippen LogP contribution in [0.1, 0.15) is 70.4 Å². The first-order valence-corrected chi connectivity index (χ1v) is 10.7. The Bertz CT molecular complexity index is 932. The summed E-state index contributed by atoms with van der Waals surface area (Å²) in [5.41, 5.74) is 2.47. The number of rotatable bonds is 3. The fourth-order valence-corrected chi connectivity index (χ4v) is 6.17. The minimum Gasteiger partial charge on any atom is -0.390 e. The van der Waals surface area contributed by atoms with Gasteiger partial charge in [-0.1, -0.05) is 31.5 Å². The molecule has 2 heterocycles. The van der Waals surface area contributed by atoms with E-state index in [4.69, 9.17) is 11.6 Å². The van der Waals surface area contributed by atoms with Crippen LogP contribution < -0.4 is 0 Å². The molecule has 2 fully saturated rings. The van der Waals surface area contributed by atoms with Gasteiger partial charge in [0.15, 0.2) is 0 Å². The molecule has 152 valence electrons. The number of fused-ring (bicyclic) bond motifs is 3. The molecule has 4 nitrogen and oxygen atoms in total. The van der Waals surface area contributed by atoms with E-state index in [0.717, 1.165) is 39.9 Å². The number of carbonyl (C=O) groups is 1. The van der Waals surface area contributed by atoms with Crippen LogP contribution in [0.15, 0.2) is 18.3 Å². The van der Waals surface area contributed by atoms with E-state index in [9.17, 15) is 9.90 Å². The molecule has 2 aromatic rings. The van der Waals surface area contributed by atoms with Gasteiger partial charge in [-0.25, -0.2) is 0 Å². The Kier molecular flexibility index (Phi) is 4.59. The zero-order valence-corrected chi connectivity index (χ0v) is 18.2. The average molecular weight is 403 g/mol. The molecule has 1 amide bonds. The monoisotopic (exact) mass is 402 g/mol. The molecule has 0 spiro atoms. The molecule has 1 aliphatic carbocycles. The number of aromatic amines is 1. The van der Waals surface area contributed by atoms with Crippen molar-refractivity contribution >= 4 is 28.4 Å². The molecule has 2 bridgehead atoms. The largest absolute Gasteiger partial charge is 0.390 e. The molecule has 5 heteroatoms. The number of halogens is 1. The fourth-order valence-electron chi connectivity index (χ4n) is 5.90. The standard InChI is InChI=1S/C23H31ClN2O2/c1-13-6-7-18-20(21(13)24)17(11-25-18)14(2)8-19(27)26-15(3)22(4)9-16(26)10-23(5,28)12-22/h6-7,11,14-16,25,28H,8-10,12H2,1-5H3. The molecule has 2 N–H and O–H groups in total. The number of likely N-dealkylation sites (tertiary alicyclic amines) is 1. The first-order valence-electron chi connectivity index (χ1n) is 10.3. The Balaban J connectivity index is 1.59. The van der Waals surface area contributed by atoms with Crippen molar-refractivity contribution in [2.45, 2.75) is 83.9 Å². The number of aryl methyl sites for hydroxylation is 1. The van der Waals surface area contributed by atoms with Crippen LogP contribution in [0.4, 0.5) is 0 Å². The molecule has 28 heavy (non-hydrogen) atoms. The SMILES string of the molecule is Cc1ccc2[nH]cc(C(C)CC(=O)N3C4CC(C)(O)CC(C)(C4)C3C)c2c1Cl. The third kappa shape index (κ3) is 3.05. The van der Waals surface area contributed by atoms with Crippen LogP contribution in [0.2, 0.25) is 5.02 Å². The molecule has 1 aliphatic heterocycles. The first kappa shape index (κ1) is 19.8. The molecular formula is C23H31ClN2O2. The van der Waals surface area contributed by atoms with Gasteiger partial charge in [0.05, 0.1) is 10.6 Å². The lowest BCUT2D eigenvalue weighted by Crippen LogP contribution is -2.42. The average Bonchev–Trinajstić information content (AvgIpc) is 3.08. The van der Waals surface area contributed by atoms with Gasteiger partial charge in [0, 0.05) is 35.6 Å². The van der Waals surface area contributed by atoms with Crippen molar-refractivity contribution in [3.63, 3.8) is 0 Å². The van der Waals surface area contributed by atoms with E-state index < -0.39 is 5.60 Å². The molecule has 5 unspecified atom stereocenters. The van der Waals surface area contributed by atoms with Crippen LogP contribution in [0, 0.1) is 12.3 Å². The van der Waals surface area contributed by atoms with Crippen LogP contribution in [-0.4, -0.2) is 38.6 Å². The smallest absolute Gasteiger partial charge is 0.223 e. The van der Waals surface area contributed by atoms with Gasteiger partial charge < -0.3 is 15.0 Å². The number of H-pyrrole nitrogens is 1. The lowest BCUT2D eigenvalue weighted by Gasteiger charge is -2.39. The maximum atomic E-state index is 13.3. The highest BCUT2D eigenvalue weighted by Gasteiger charge is 2.56. The summed E-state index contributed by atoms with van der Waals surface area (Å²) in [7, 11) is 0. The van der Waals surface area contributed by atoms with Gasteiger partial charge in [-0.3, -0.25) is 4.79 Å². The van der Waals surface area contributed by atoms with E-state index in [1.807, 2.05) is 32.2 Å². The summed E-state index contributed by atoms with van der Waals surface area (Å²) in [5, 5.41) is 12.5. The minimum atomic E-state index is -0.686. The van der Waals surface area contributed by atoms with Crippen molar-refractivity contribution in [3.05, 3.63) is 34.5 Å². The molecule has 1 aromatic carbocycles. The Morgan fingerprint density at radius 2 is 2.11 bits per heavy atom. The summed E-state index contributed by atoms with van der Waals surface area (Å²) < 4.78 is 0. The Hall–Kier alpha value is -1.52. The summed E-state index contributed by atoms with van der Waals surface area (Å²) in [5.74, 6) is 0.256. The van der Waals surface area contributed by atoms with Gasteiger partial charge in [-0.2, -0.15) is 0 Å². The molecule has 1 saturated carbocycles. The number of nitrogens with one attached hydrogen (secondary N) is 1. The van der Waals surface area contributed by atoms with Gasteiger partial charge >= 0.3 is 0 Å². The van der Waals surface area contributed by atoms with E-state index in [1.54, 1.807) is 0 Å². The second kappa shape index (κ2) is 6.50. The highest BCUT2D eigenvalue weighted by atomic mass is 35.5. The molecule has 1 saturated heterocycles. The number of hydrogen-bond donors (Lipinski definition) is 2. The number of carbonyl (C=O) groups excluding carboxylic acids is 1. The Labute approximate surface area is 172 Å². The van der Waals surface area contributed by atoms with Crippen molar-refractivity contribution in [1.82, 2.24) is 9.88 Å². The molecular weight excluding hydrogens is 372 g/mol. The topological polar surface area (TPSA) is 56.3 Å². The molecule has 5 atom stereocenters. The second-order valence-corrected chi connectivity index (χ2v) is 10.2. The predicted molar refractivity (Wildman–Crippen MR) is 114 cm³/mol. The van der Waals surface area contributed by atoms with E-state index in [0.29, 0.717) is 12.8 Å². The quantitative estimate of drug-likeness (QED) is 0.744. The lowest BCUT2D eigenvalue weighted by atomic mass is 9.68. The van der Waals surface area contributed by atoms with Gasteiger partial charge in [0.25, 0.3) is 0 Å². The number of aliphatic hydroxyl groups is 1. The zero-order chi connectivity index (χ0) is 20.4. The van der Waals surface area contributed by atoms with Crippen molar-refractivity contribution in [2.24, 2.45) is 5.41 Å². The predicted octanol–water partition coefficient (Wildman–Crippen LogP) is 5.16. The van der Waals surface area contributed by atoms with Gasteiger partial charge in [-0.05, 0) is 68.6 Å². The van der Waals surface area contributed by atoms with E-state index >= 15 is 0 Å². The minimum absolute atomic E-state index is 0.00742. The molecule has 1 aromatic heterocycles. The molecule has 2 aliphatic rings. The van der Waals surface area contributed by atoms with Gasteiger partial charge in [0.1, 0.15) is 0 Å². The van der Waals surface area contributed by atoms with Crippen LogP contribution in [0.5, 0.6) is 0 Å². The van der Waals surface area contributed by atoms with Gasteiger partial charge in [-0.15, -0.1) is 0 Å². The number of nitrogens with zero attached hydrogens (tertiary/aromatic N) is 1. The van der Waals surface area contributed by atoms with Crippen LogP contribution in [-0.2, 0) is 4.79 Å². The lowest BCUT2D eigenvalue weighted by molar-refractivity contribution is -0.134. The fraction of sp³-hybridized carbons (Fsp3) is 0.609. The highest BCUT2D eigenvalue weighted by Crippen LogP contribution is 2.53. The van der Waals surface area contributed by atoms with Crippen molar-refractivity contribution in [3.8, 4) is 0 Å². The third-order valence-corrected chi connectivity index (χ3v) is 7.77. The second-order valence-electron chi connectivity index (χ2n) is 9.83. The molecule has 4 rings (SSSR count). The first-order chi connectivity index (χ1) is 13.0. The van der Waals surface area contributed by atoms with Crippen molar-refractivity contribution in [1.29, 1.82) is 0 Å². The van der Waals surface area contributed by atoms with Crippen LogP contribution >= 0.6 is 11.6 Å². The maximum absolute atomic E-state index is 13.3. The van der Waals surface area contributed by atoms with Crippen molar-refractivity contribution < 1.29 is 9.90 Å². The highest BCUT2D eigenvalue weighted by molar-refractivity contribution is 6.36. The molecule has 0 radical (unpaired) electrons. The summed E-state index contributed by atoms with van der Waals surface area (Å²) in [4.78, 5) is 18.7. The number of hydrogen-bond acceptors (Lipinski definition) is 2. The normalized spacial score (nSPS) is 33.5. The number of amides is 1. The van der Waals surface area contributed by atoms with E-state index in [2.05, 4.69) is 30.7 Å². The summed E-state index contributed by atoms with van der Waals surface area (Å²) in [6.45, 7) is 10.4. The van der Waals surface area contributed by atoms with E-state index in [1.165, 1.54) is 0 Å². The van der Waals surface area contributed by atoms with Gasteiger partial charge in [0.2, 0.25) is 5.91 Å². The van der Waals surface area contributed by atoms with E-state index in [-0.39, 0.29) is 29.3 Å². The van der Waals surface area contributed by atoms with Crippen LogP contribution in [0.25, 0.3) is 10.9 Å². The zero-order valence-electron chi connectivity index (χ0n) is 17.5. The summed E-state index contributed by atoms with van der Waals surface area (Å²) in [6.07, 6.45) is 4.87. The maximum Gasteiger partial charge on any atom is 0.223 e. The number of benzene rings is 1.